The average Bonchev–Trinajstić information content (AvgIpc) is 2.24. The summed E-state index contributed by atoms with van der Waals surface area (Å²) in [5, 5.41) is 10.3. The molecule has 0 fully saturated rings. The highest BCUT2D eigenvalue weighted by Gasteiger charge is 2.13. The molecule has 0 unspecified atom stereocenters. The van der Waals surface area contributed by atoms with E-state index >= 15 is 0 Å². The number of halogens is 2. The molecule has 0 saturated heterocycles. The third-order valence-electron chi connectivity index (χ3n) is 1.59. The van der Waals surface area contributed by atoms with Gasteiger partial charge in [0.05, 0.1) is 5.56 Å². The molecule has 0 aliphatic carbocycles. The molecule has 0 atom stereocenters. The number of rotatable bonds is 2. The van der Waals surface area contributed by atoms with E-state index in [1.165, 1.54) is 0 Å². The van der Waals surface area contributed by atoms with Crippen molar-refractivity contribution in [3.8, 4) is 0 Å². The summed E-state index contributed by atoms with van der Waals surface area (Å²) in [6.45, 7) is 0. The smallest absolute Gasteiger partial charge is 0.132 e. The fourth-order valence-electron chi connectivity index (χ4n) is 1.10. The van der Waals surface area contributed by atoms with Gasteiger partial charge in [0.2, 0.25) is 0 Å². The van der Waals surface area contributed by atoms with Crippen molar-refractivity contribution in [2.75, 3.05) is 12.4 Å². The van der Waals surface area contributed by atoms with Gasteiger partial charge in [-0.2, -0.15) is 0 Å². The van der Waals surface area contributed by atoms with Crippen LogP contribution in [0, 0.1) is 5.41 Å². The summed E-state index contributed by atoms with van der Waals surface area (Å²) < 4.78 is 2.70. The fraction of sp³-hybridized carbons (Fsp3) is 0.286. The number of anilines is 1. The van der Waals surface area contributed by atoms with Crippen molar-refractivity contribution >= 4 is 38.5 Å². The Hall–Kier alpha value is -0.480. The van der Waals surface area contributed by atoms with E-state index in [1.807, 2.05) is 17.8 Å². The van der Waals surface area contributed by atoms with Crippen molar-refractivity contribution in [1.82, 2.24) is 4.57 Å². The first kappa shape index (κ1) is 9.61. The number of nitrogens with one attached hydrogen (secondary N) is 2. The molecule has 0 saturated carbocycles. The second kappa shape index (κ2) is 3.49. The molecule has 5 heteroatoms. The van der Waals surface area contributed by atoms with E-state index in [4.69, 9.17) is 17.0 Å². The Morgan fingerprint density at radius 3 is 2.67 bits per heavy atom. The maximum absolute atomic E-state index is 7.32. The lowest BCUT2D eigenvalue weighted by Crippen LogP contribution is -2.00. The summed E-state index contributed by atoms with van der Waals surface area (Å²) in [5.41, 5.74) is 0.696. The second-order valence-corrected chi connectivity index (χ2v) is 3.61. The molecule has 0 spiro atoms. The number of hydrogen-bond donors (Lipinski definition) is 2. The Morgan fingerprint density at radius 1 is 1.75 bits per heavy atom. The van der Waals surface area contributed by atoms with Crippen molar-refractivity contribution in [2.45, 2.75) is 0 Å². The zero-order valence-electron chi connectivity index (χ0n) is 6.78. The van der Waals surface area contributed by atoms with Crippen molar-refractivity contribution < 1.29 is 0 Å². The standard InChI is InChI=1S/C7H9BrClN3/c1-11-7-5(6(9)10)4(8)3-12(7)2/h3,10-11H,1-2H3. The van der Waals surface area contributed by atoms with Crippen LogP contribution in [0.15, 0.2) is 10.7 Å². The van der Waals surface area contributed by atoms with Gasteiger partial charge in [0.1, 0.15) is 11.0 Å². The van der Waals surface area contributed by atoms with Crippen LogP contribution in [0.3, 0.4) is 0 Å². The normalized spacial score (nSPS) is 10.0. The van der Waals surface area contributed by atoms with Crippen LogP contribution in [0.4, 0.5) is 5.82 Å². The fourth-order valence-corrected chi connectivity index (χ4v) is 2.10. The van der Waals surface area contributed by atoms with Gasteiger partial charge >= 0.3 is 0 Å². The molecule has 12 heavy (non-hydrogen) atoms. The van der Waals surface area contributed by atoms with Gasteiger partial charge in [-0.15, -0.1) is 0 Å². The summed E-state index contributed by atoms with van der Waals surface area (Å²) in [5.74, 6) is 0.835. The van der Waals surface area contributed by atoms with Gasteiger partial charge < -0.3 is 9.88 Å². The van der Waals surface area contributed by atoms with Gasteiger partial charge in [-0.05, 0) is 15.9 Å². The van der Waals surface area contributed by atoms with Gasteiger partial charge in [-0.3, -0.25) is 5.41 Å². The Bertz CT molecular complexity index is 319. The minimum atomic E-state index is 0.0341. The van der Waals surface area contributed by atoms with Gasteiger partial charge in [0, 0.05) is 24.8 Å². The van der Waals surface area contributed by atoms with E-state index < -0.39 is 0 Å². The quantitative estimate of drug-likeness (QED) is 0.778. The van der Waals surface area contributed by atoms with Crippen LogP contribution in [0.25, 0.3) is 0 Å². The zero-order chi connectivity index (χ0) is 9.30. The Labute approximate surface area is 84.4 Å². The predicted octanol–water partition coefficient (Wildman–Crippen LogP) is 2.39. The Morgan fingerprint density at radius 2 is 2.33 bits per heavy atom. The molecule has 3 nitrogen and oxygen atoms in total. The van der Waals surface area contributed by atoms with Crippen molar-refractivity contribution in [3.05, 3.63) is 16.2 Å². The highest BCUT2D eigenvalue weighted by Crippen LogP contribution is 2.27. The van der Waals surface area contributed by atoms with Gasteiger partial charge in [0.15, 0.2) is 0 Å². The summed E-state index contributed by atoms with van der Waals surface area (Å²) in [6.07, 6.45) is 1.86. The van der Waals surface area contributed by atoms with E-state index in [0.29, 0.717) is 5.56 Å². The van der Waals surface area contributed by atoms with Crippen LogP contribution in [0.1, 0.15) is 5.56 Å². The van der Waals surface area contributed by atoms with E-state index in [9.17, 15) is 0 Å². The van der Waals surface area contributed by atoms with Gasteiger partial charge in [0.25, 0.3) is 0 Å². The Kier molecular flexibility index (Phi) is 2.80. The van der Waals surface area contributed by atoms with Crippen LogP contribution in [0.5, 0.6) is 0 Å². The third-order valence-corrected chi connectivity index (χ3v) is 2.38. The molecule has 0 aliphatic rings. The van der Waals surface area contributed by atoms with Crippen LogP contribution in [0.2, 0.25) is 0 Å². The zero-order valence-corrected chi connectivity index (χ0v) is 9.12. The monoisotopic (exact) mass is 249 g/mol. The molecule has 1 rings (SSSR count). The van der Waals surface area contributed by atoms with E-state index in [0.717, 1.165) is 10.3 Å². The van der Waals surface area contributed by atoms with Gasteiger partial charge in [-0.25, -0.2) is 0 Å². The lowest BCUT2D eigenvalue weighted by atomic mass is 10.3. The second-order valence-electron chi connectivity index (χ2n) is 2.38. The van der Waals surface area contributed by atoms with E-state index in [-0.39, 0.29) is 5.17 Å². The van der Waals surface area contributed by atoms with Crippen LogP contribution in [-0.2, 0) is 7.05 Å². The molecule has 1 aromatic heterocycles. The van der Waals surface area contributed by atoms with Crippen molar-refractivity contribution in [2.24, 2.45) is 7.05 Å². The molecule has 1 aromatic rings. The number of aromatic nitrogens is 1. The molecule has 0 aliphatic heterocycles. The van der Waals surface area contributed by atoms with E-state index in [1.54, 1.807) is 7.05 Å². The van der Waals surface area contributed by atoms with Gasteiger partial charge in [-0.1, -0.05) is 11.6 Å². The predicted molar refractivity (Wildman–Crippen MR) is 55.3 cm³/mol. The number of nitrogens with zero attached hydrogens (tertiary/aromatic N) is 1. The summed E-state index contributed by atoms with van der Waals surface area (Å²) in [4.78, 5) is 0. The SMILES string of the molecule is CNc1c(C(=N)Cl)c(Br)cn1C. The molecule has 1 heterocycles. The van der Waals surface area contributed by atoms with E-state index in [2.05, 4.69) is 21.2 Å². The third kappa shape index (κ3) is 1.49. The molecule has 0 aromatic carbocycles. The molecule has 0 radical (unpaired) electrons. The highest BCUT2D eigenvalue weighted by atomic mass is 79.9. The van der Waals surface area contributed by atoms with Crippen molar-refractivity contribution in [3.63, 3.8) is 0 Å². The Balaban J connectivity index is 3.32. The van der Waals surface area contributed by atoms with Crippen LogP contribution in [-0.4, -0.2) is 16.8 Å². The van der Waals surface area contributed by atoms with Crippen LogP contribution >= 0.6 is 27.5 Å². The highest BCUT2D eigenvalue weighted by molar-refractivity contribution is 9.10. The first-order chi connectivity index (χ1) is 5.57. The molecular formula is C7H9BrClN3. The maximum Gasteiger partial charge on any atom is 0.132 e. The molecule has 0 amide bonds. The summed E-state index contributed by atoms with van der Waals surface area (Å²) >= 11 is 8.93. The number of aryl methyl sites for hydroxylation is 1. The number of hydrogen-bond acceptors (Lipinski definition) is 2. The topological polar surface area (TPSA) is 40.8 Å². The maximum atomic E-state index is 7.32. The minimum Gasteiger partial charge on any atom is -0.374 e. The molecule has 2 N–H and O–H groups in total. The molecule has 66 valence electrons. The minimum absolute atomic E-state index is 0.0341. The van der Waals surface area contributed by atoms with Crippen molar-refractivity contribution in [1.29, 1.82) is 5.41 Å². The lowest BCUT2D eigenvalue weighted by Gasteiger charge is -2.03. The van der Waals surface area contributed by atoms with Crippen LogP contribution < -0.4 is 5.32 Å². The summed E-state index contributed by atoms with van der Waals surface area (Å²) in [7, 11) is 3.69. The molecular weight excluding hydrogens is 241 g/mol. The largest absolute Gasteiger partial charge is 0.374 e. The first-order valence-electron chi connectivity index (χ1n) is 3.35. The lowest BCUT2D eigenvalue weighted by molar-refractivity contribution is 0.930. The average molecular weight is 251 g/mol. The molecule has 0 bridgehead atoms. The first-order valence-corrected chi connectivity index (χ1v) is 4.52. The summed E-state index contributed by atoms with van der Waals surface area (Å²) in [6, 6.07) is 0.